The molecule has 0 radical (unpaired) electrons. The predicted molar refractivity (Wildman–Crippen MR) is 80.0 cm³/mol. The molecule has 1 heterocycles. The van der Waals surface area contributed by atoms with Crippen molar-refractivity contribution in [3.05, 3.63) is 30.0 Å². The second kappa shape index (κ2) is 6.25. The van der Waals surface area contributed by atoms with E-state index in [1.165, 1.54) is 16.7 Å². The SMILES string of the molecule is CCSCC(C)NCc1nn(C)c2ccccc12. The van der Waals surface area contributed by atoms with Crippen molar-refractivity contribution in [2.45, 2.75) is 26.4 Å². The Morgan fingerprint density at radius 2 is 2.17 bits per heavy atom. The first-order valence-corrected chi connectivity index (χ1v) is 7.59. The van der Waals surface area contributed by atoms with Crippen molar-refractivity contribution in [2.24, 2.45) is 7.05 Å². The van der Waals surface area contributed by atoms with Crippen molar-refractivity contribution in [2.75, 3.05) is 11.5 Å². The van der Waals surface area contributed by atoms with Gasteiger partial charge in [-0.2, -0.15) is 16.9 Å². The molecule has 0 bridgehead atoms. The van der Waals surface area contributed by atoms with Gasteiger partial charge in [-0.1, -0.05) is 25.1 Å². The van der Waals surface area contributed by atoms with Gasteiger partial charge in [0.2, 0.25) is 0 Å². The predicted octanol–water partition coefficient (Wildman–Crippen LogP) is 2.80. The second-order valence-electron chi connectivity index (χ2n) is 4.53. The molecule has 0 saturated heterocycles. The third-order valence-electron chi connectivity index (χ3n) is 3.02. The molecule has 4 heteroatoms. The van der Waals surface area contributed by atoms with Crippen LogP contribution < -0.4 is 5.32 Å². The molecule has 0 amide bonds. The average molecular weight is 263 g/mol. The van der Waals surface area contributed by atoms with Gasteiger partial charge in [0.05, 0.1) is 11.2 Å². The van der Waals surface area contributed by atoms with E-state index in [1.807, 2.05) is 23.5 Å². The summed E-state index contributed by atoms with van der Waals surface area (Å²) in [6, 6.07) is 8.91. The number of nitrogens with zero attached hydrogens (tertiary/aromatic N) is 2. The van der Waals surface area contributed by atoms with Gasteiger partial charge in [-0.25, -0.2) is 0 Å². The largest absolute Gasteiger partial charge is 0.308 e. The average Bonchev–Trinajstić information content (AvgIpc) is 2.71. The number of hydrogen-bond donors (Lipinski definition) is 1. The third kappa shape index (κ3) is 3.06. The van der Waals surface area contributed by atoms with Crippen LogP contribution in [-0.2, 0) is 13.6 Å². The lowest BCUT2D eigenvalue weighted by molar-refractivity contribution is 0.583. The molecule has 2 aromatic rings. The Balaban J connectivity index is 2.03. The summed E-state index contributed by atoms with van der Waals surface area (Å²) in [5.41, 5.74) is 2.34. The van der Waals surface area contributed by atoms with Gasteiger partial charge in [0, 0.05) is 30.8 Å². The fraction of sp³-hybridized carbons (Fsp3) is 0.500. The van der Waals surface area contributed by atoms with E-state index in [0.717, 1.165) is 18.0 Å². The van der Waals surface area contributed by atoms with E-state index in [-0.39, 0.29) is 0 Å². The Morgan fingerprint density at radius 3 is 2.94 bits per heavy atom. The van der Waals surface area contributed by atoms with Crippen molar-refractivity contribution in [1.82, 2.24) is 15.1 Å². The van der Waals surface area contributed by atoms with Crippen LogP contribution in [0.15, 0.2) is 24.3 Å². The summed E-state index contributed by atoms with van der Waals surface area (Å²) in [4.78, 5) is 0. The van der Waals surface area contributed by atoms with E-state index < -0.39 is 0 Å². The molecule has 1 N–H and O–H groups in total. The molecule has 1 unspecified atom stereocenters. The smallest absolute Gasteiger partial charge is 0.0841 e. The van der Waals surface area contributed by atoms with Gasteiger partial charge in [-0.15, -0.1) is 0 Å². The summed E-state index contributed by atoms with van der Waals surface area (Å²) in [7, 11) is 2.00. The molecule has 0 spiro atoms. The highest BCUT2D eigenvalue weighted by atomic mass is 32.2. The fourth-order valence-electron chi connectivity index (χ4n) is 2.04. The summed E-state index contributed by atoms with van der Waals surface area (Å²) >= 11 is 1.97. The molecule has 0 fully saturated rings. The lowest BCUT2D eigenvalue weighted by atomic mass is 10.2. The Kier molecular flexibility index (Phi) is 4.66. The zero-order chi connectivity index (χ0) is 13.0. The van der Waals surface area contributed by atoms with Crippen molar-refractivity contribution < 1.29 is 0 Å². The van der Waals surface area contributed by atoms with E-state index >= 15 is 0 Å². The van der Waals surface area contributed by atoms with Crippen LogP contribution >= 0.6 is 11.8 Å². The van der Waals surface area contributed by atoms with Gasteiger partial charge in [-0.3, -0.25) is 4.68 Å². The summed E-state index contributed by atoms with van der Waals surface area (Å²) in [5, 5.41) is 9.38. The summed E-state index contributed by atoms with van der Waals surface area (Å²) in [6.45, 7) is 5.27. The van der Waals surface area contributed by atoms with Crippen molar-refractivity contribution >= 4 is 22.7 Å². The van der Waals surface area contributed by atoms with Crippen LogP contribution in [0.25, 0.3) is 10.9 Å². The monoisotopic (exact) mass is 263 g/mol. The fourth-order valence-corrected chi connectivity index (χ4v) is 2.75. The van der Waals surface area contributed by atoms with Gasteiger partial charge in [0.15, 0.2) is 0 Å². The first-order valence-electron chi connectivity index (χ1n) is 6.44. The standard InChI is InChI=1S/C14H21N3S/c1-4-18-10-11(2)15-9-13-12-7-5-6-8-14(12)17(3)16-13/h5-8,11,15H,4,9-10H2,1-3H3. The molecule has 1 aromatic carbocycles. The Hall–Kier alpha value is -1.00. The Labute approximate surface area is 113 Å². The highest BCUT2D eigenvalue weighted by molar-refractivity contribution is 7.99. The van der Waals surface area contributed by atoms with E-state index in [4.69, 9.17) is 0 Å². The Bertz CT molecular complexity index is 507. The maximum atomic E-state index is 4.59. The molecule has 0 aliphatic rings. The number of hydrogen-bond acceptors (Lipinski definition) is 3. The molecule has 18 heavy (non-hydrogen) atoms. The molecule has 3 nitrogen and oxygen atoms in total. The lowest BCUT2D eigenvalue weighted by Crippen LogP contribution is -2.28. The number of aromatic nitrogens is 2. The van der Waals surface area contributed by atoms with E-state index in [0.29, 0.717) is 6.04 Å². The molecule has 2 rings (SSSR count). The minimum Gasteiger partial charge on any atom is -0.308 e. The number of para-hydroxylation sites is 1. The van der Waals surface area contributed by atoms with E-state index in [2.05, 4.69) is 48.5 Å². The zero-order valence-corrected chi connectivity index (χ0v) is 12.1. The number of rotatable bonds is 6. The van der Waals surface area contributed by atoms with Gasteiger partial charge in [0.25, 0.3) is 0 Å². The van der Waals surface area contributed by atoms with Crippen LogP contribution in [-0.4, -0.2) is 27.3 Å². The van der Waals surface area contributed by atoms with E-state index in [9.17, 15) is 0 Å². The third-order valence-corrected chi connectivity index (χ3v) is 4.17. The van der Waals surface area contributed by atoms with Gasteiger partial charge >= 0.3 is 0 Å². The van der Waals surface area contributed by atoms with Gasteiger partial charge in [0.1, 0.15) is 0 Å². The number of fused-ring (bicyclic) bond motifs is 1. The van der Waals surface area contributed by atoms with Crippen molar-refractivity contribution in [1.29, 1.82) is 0 Å². The molecule has 0 aliphatic heterocycles. The highest BCUT2D eigenvalue weighted by Crippen LogP contribution is 2.17. The maximum absolute atomic E-state index is 4.59. The second-order valence-corrected chi connectivity index (χ2v) is 5.85. The molecule has 1 aromatic heterocycles. The highest BCUT2D eigenvalue weighted by Gasteiger charge is 2.08. The topological polar surface area (TPSA) is 29.9 Å². The van der Waals surface area contributed by atoms with Crippen LogP contribution in [0, 0.1) is 0 Å². The molecule has 0 aliphatic carbocycles. The molecular weight excluding hydrogens is 242 g/mol. The lowest BCUT2D eigenvalue weighted by Gasteiger charge is -2.11. The first-order chi connectivity index (χ1) is 8.72. The van der Waals surface area contributed by atoms with Crippen LogP contribution in [0.1, 0.15) is 19.5 Å². The maximum Gasteiger partial charge on any atom is 0.0841 e. The number of aryl methyl sites for hydroxylation is 1. The minimum absolute atomic E-state index is 0.524. The molecule has 1 atom stereocenters. The summed E-state index contributed by atoms with van der Waals surface area (Å²) in [6.07, 6.45) is 0. The van der Waals surface area contributed by atoms with Crippen molar-refractivity contribution in [3.8, 4) is 0 Å². The summed E-state index contributed by atoms with van der Waals surface area (Å²) < 4.78 is 1.96. The van der Waals surface area contributed by atoms with Crippen LogP contribution in [0.4, 0.5) is 0 Å². The van der Waals surface area contributed by atoms with E-state index in [1.54, 1.807) is 0 Å². The molecule has 98 valence electrons. The molecular formula is C14H21N3S. The Morgan fingerprint density at radius 1 is 1.39 bits per heavy atom. The first kappa shape index (κ1) is 13.4. The quantitative estimate of drug-likeness (QED) is 0.869. The minimum atomic E-state index is 0.524. The molecule has 0 saturated carbocycles. The zero-order valence-electron chi connectivity index (χ0n) is 11.3. The summed E-state index contributed by atoms with van der Waals surface area (Å²) in [5.74, 6) is 2.33. The van der Waals surface area contributed by atoms with Crippen molar-refractivity contribution in [3.63, 3.8) is 0 Å². The van der Waals surface area contributed by atoms with Gasteiger partial charge in [-0.05, 0) is 18.7 Å². The number of nitrogens with one attached hydrogen (secondary N) is 1. The van der Waals surface area contributed by atoms with Crippen LogP contribution in [0.3, 0.4) is 0 Å². The normalized spacial score (nSPS) is 13.1. The van der Waals surface area contributed by atoms with Crippen LogP contribution in [0.2, 0.25) is 0 Å². The number of thioether (sulfide) groups is 1. The van der Waals surface area contributed by atoms with Crippen LogP contribution in [0.5, 0.6) is 0 Å². The van der Waals surface area contributed by atoms with Gasteiger partial charge < -0.3 is 5.32 Å². The number of benzene rings is 1.